The number of hydrogen-bond acceptors (Lipinski definition) is 5. The SMILES string of the molecule is O=C1/C(=C\O)[C@@]23C[C@@H]4C[C@@H](O[C@]2(O4)c2ccccc21)O3. The summed E-state index contributed by atoms with van der Waals surface area (Å²) in [5, 5.41) is 9.60. The monoisotopic (exact) mass is 272 g/mol. The second-order valence-electron chi connectivity index (χ2n) is 5.71. The lowest BCUT2D eigenvalue weighted by Gasteiger charge is -2.41. The van der Waals surface area contributed by atoms with Gasteiger partial charge in [0.25, 0.3) is 0 Å². The summed E-state index contributed by atoms with van der Waals surface area (Å²) in [6, 6.07) is 7.22. The molecule has 1 aromatic rings. The molecule has 4 heterocycles. The van der Waals surface area contributed by atoms with Gasteiger partial charge in [-0.3, -0.25) is 4.79 Å². The van der Waals surface area contributed by atoms with E-state index in [1.54, 1.807) is 12.1 Å². The lowest BCUT2D eigenvalue weighted by Crippen LogP contribution is -2.53. The van der Waals surface area contributed by atoms with Crippen LogP contribution in [0.15, 0.2) is 36.1 Å². The molecular weight excluding hydrogens is 260 g/mol. The molecule has 20 heavy (non-hydrogen) atoms. The van der Waals surface area contributed by atoms with Crippen LogP contribution in [-0.4, -0.2) is 28.9 Å². The van der Waals surface area contributed by atoms with E-state index in [2.05, 4.69) is 0 Å². The zero-order valence-electron chi connectivity index (χ0n) is 10.5. The van der Waals surface area contributed by atoms with E-state index in [1.165, 1.54) is 0 Å². The number of aliphatic hydroxyl groups is 1. The molecule has 1 N–H and O–H groups in total. The molecule has 4 fully saturated rings. The summed E-state index contributed by atoms with van der Waals surface area (Å²) in [7, 11) is 0. The minimum Gasteiger partial charge on any atom is -0.515 e. The van der Waals surface area contributed by atoms with Crippen molar-refractivity contribution in [2.75, 3.05) is 0 Å². The minimum absolute atomic E-state index is 0.00333. The number of rotatable bonds is 0. The maximum absolute atomic E-state index is 12.6. The Balaban J connectivity index is 1.89. The second-order valence-corrected chi connectivity index (χ2v) is 5.71. The van der Waals surface area contributed by atoms with Crippen molar-refractivity contribution in [3.8, 4) is 0 Å². The van der Waals surface area contributed by atoms with Crippen molar-refractivity contribution >= 4 is 5.78 Å². The molecule has 5 aliphatic rings. The molecule has 102 valence electrons. The van der Waals surface area contributed by atoms with Crippen molar-refractivity contribution in [1.29, 1.82) is 0 Å². The summed E-state index contributed by atoms with van der Waals surface area (Å²) >= 11 is 0. The first-order valence-corrected chi connectivity index (χ1v) is 6.73. The Kier molecular flexibility index (Phi) is 1.73. The maximum atomic E-state index is 12.6. The molecular formula is C15H12O5. The van der Waals surface area contributed by atoms with Gasteiger partial charge >= 0.3 is 0 Å². The van der Waals surface area contributed by atoms with Gasteiger partial charge in [0.05, 0.1) is 17.9 Å². The molecule has 4 saturated heterocycles. The fourth-order valence-electron chi connectivity index (χ4n) is 4.11. The van der Waals surface area contributed by atoms with Crippen molar-refractivity contribution in [2.24, 2.45) is 0 Å². The Morgan fingerprint density at radius 3 is 2.90 bits per heavy atom. The van der Waals surface area contributed by atoms with Gasteiger partial charge in [0, 0.05) is 24.0 Å². The standard InChI is InChI=1S/C15H12O5/c16-7-11-13(17)9-3-1-2-4-10(9)15-14(11)6-8(18-15)5-12(19-14)20-15/h1-4,7-8,12,16H,5-6H2/b11-7+/t8-,12+,14-,15+/m0/s1. The van der Waals surface area contributed by atoms with Crippen LogP contribution in [0, 0.1) is 0 Å². The molecule has 4 atom stereocenters. The fourth-order valence-corrected chi connectivity index (χ4v) is 4.11. The Labute approximate surface area is 114 Å². The summed E-state index contributed by atoms with van der Waals surface area (Å²) in [5.41, 5.74) is 0.456. The molecule has 1 aliphatic carbocycles. The number of ether oxygens (including phenoxy) is 3. The van der Waals surface area contributed by atoms with E-state index in [0.29, 0.717) is 24.0 Å². The van der Waals surface area contributed by atoms with E-state index < -0.39 is 11.4 Å². The number of carbonyl (C=O) groups is 1. The number of carbonyl (C=O) groups excluding carboxylic acids is 1. The van der Waals surface area contributed by atoms with Gasteiger partial charge in [-0.15, -0.1) is 0 Å². The third kappa shape index (κ3) is 0.924. The third-order valence-corrected chi connectivity index (χ3v) is 4.80. The van der Waals surface area contributed by atoms with Gasteiger partial charge in [-0.05, 0) is 0 Å². The zero-order valence-corrected chi connectivity index (χ0v) is 10.5. The first kappa shape index (κ1) is 11.0. The van der Waals surface area contributed by atoms with E-state index in [-0.39, 0.29) is 23.8 Å². The number of benzene rings is 1. The lowest BCUT2D eigenvalue weighted by molar-refractivity contribution is -0.282. The molecule has 5 heteroatoms. The van der Waals surface area contributed by atoms with Crippen LogP contribution in [0.2, 0.25) is 0 Å². The van der Waals surface area contributed by atoms with Gasteiger partial charge in [0.1, 0.15) is 0 Å². The highest BCUT2D eigenvalue weighted by Gasteiger charge is 2.77. The van der Waals surface area contributed by atoms with Gasteiger partial charge in [0.2, 0.25) is 5.79 Å². The van der Waals surface area contributed by atoms with Crippen molar-refractivity contribution in [2.45, 2.75) is 36.6 Å². The van der Waals surface area contributed by atoms with Crippen molar-refractivity contribution in [3.63, 3.8) is 0 Å². The normalized spacial score (nSPS) is 45.8. The summed E-state index contributed by atoms with van der Waals surface area (Å²) in [6.07, 6.45) is 1.68. The fraction of sp³-hybridized carbons (Fsp3) is 0.400. The minimum atomic E-state index is -1.08. The molecule has 1 aromatic carbocycles. The lowest BCUT2D eigenvalue weighted by atomic mass is 9.70. The topological polar surface area (TPSA) is 65.0 Å². The van der Waals surface area contributed by atoms with Crippen molar-refractivity contribution in [3.05, 3.63) is 47.2 Å². The average Bonchev–Trinajstić information content (AvgIpc) is 2.81. The van der Waals surface area contributed by atoms with E-state index >= 15 is 0 Å². The number of aliphatic hydroxyl groups excluding tert-OH is 1. The van der Waals surface area contributed by atoms with Gasteiger partial charge < -0.3 is 19.3 Å². The van der Waals surface area contributed by atoms with Crippen LogP contribution in [0.25, 0.3) is 0 Å². The molecule has 0 saturated carbocycles. The molecule has 2 spiro atoms. The highest BCUT2D eigenvalue weighted by molar-refractivity contribution is 6.13. The first-order valence-electron chi connectivity index (χ1n) is 6.73. The molecule has 4 aliphatic heterocycles. The summed E-state index contributed by atoms with van der Waals surface area (Å²) in [6.45, 7) is 0. The van der Waals surface area contributed by atoms with Crippen LogP contribution in [0.3, 0.4) is 0 Å². The van der Waals surface area contributed by atoms with Crippen LogP contribution >= 0.6 is 0 Å². The molecule has 0 radical (unpaired) electrons. The average molecular weight is 272 g/mol. The van der Waals surface area contributed by atoms with Gasteiger partial charge in [-0.2, -0.15) is 0 Å². The van der Waals surface area contributed by atoms with Crippen LogP contribution in [0.1, 0.15) is 28.8 Å². The third-order valence-electron chi connectivity index (χ3n) is 4.80. The molecule has 6 rings (SSSR count). The van der Waals surface area contributed by atoms with Crippen molar-refractivity contribution < 1.29 is 24.1 Å². The zero-order chi connectivity index (χ0) is 13.5. The number of Topliss-reactive ketones (excluding diaryl/α,β-unsaturated/α-hetero) is 1. The van der Waals surface area contributed by atoms with Gasteiger partial charge in [0.15, 0.2) is 17.7 Å². The largest absolute Gasteiger partial charge is 0.515 e. The molecule has 0 aromatic heterocycles. The number of ketones is 1. The van der Waals surface area contributed by atoms with Crippen LogP contribution in [0.5, 0.6) is 0 Å². The Bertz CT molecular complexity index is 663. The number of hydrogen-bond donors (Lipinski definition) is 1. The Morgan fingerprint density at radius 1 is 1.25 bits per heavy atom. The smallest absolute Gasteiger partial charge is 0.233 e. The molecule has 5 nitrogen and oxygen atoms in total. The van der Waals surface area contributed by atoms with Gasteiger partial charge in [-0.25, -0.2) is 0 Å². The summed E-state index contributed by atoms with van der Waals surface area (Å²) in [4.78, 5) is 12.6. The predicted octanol–water partition coefficient (Wildman–Crippen LogP) is 1.78. The highest BCUT2D eigenvalue weighted by Crippen LogP contribution is 2.66. The molecule has 0 unspecified atom stereocenters. The van der Waals surface area contributed by atoms with E-state index in [0.717, 1.165) is 6.26 Å². The Morgan fingerprint density at radius 2 is 2.10 bits per heavy atom. The van der Waals surface area contributed by atoms with E-state index in [1.807, 2.05) is 12.1 Å². The van der Waals surface area contributed by atoms with E-state index in [4.69, 9.17) is 14.2 Å². The Hall–Kier alpha value is -1.69. The maximum Gasteiger partial charge on any atom is 0.233 e. The quantitative estimate of drug-likeness (QED) is 0.576. The number of fused-ring (bicyclic) bond motifs is 1. The van der Waals surface area contributed by atoms with Gasteiger partial charge in [-0.1, -0.05) is 24.3 Å². The van der Waals surface area contributed by atoms with E-state index in [9.17, 15) is 9.90 Å². The summed E-state index contributed by atoms with van der Waals surface area (Å²) < 4.78 is 18.0. The predicted molar refractivity (Wildman–Crippen MR) is 66.0 cm³/mol. The van der Waals surface area contributed by atoms with Crippen LogP contribution in [0.4, 0.5) is 0 Å². The van der Waals surface area contributed by atoms with Crippen LogP contribution < -0.4 is 0 Å². The van der Waals surface area contributed by atoms with Crippen LogP contribution in [-0.2, 0) is 20.0 Å². The van der Waals surface area contributed by atoms with Crippen molar-refractivity contribution in [1.82, 2.24) is 0 Å². The first-order chi connectivity index (χ1) is 9.70. The second kappa shape index (κ2) is 3.14. The highest BCUT2D eigenvalue weighted by atomic mass is 16.9. The summed E-state index contributed by atoms with van der Waals surface area (Å²) in [5.74, 6) is -1.30. The molecule has 4 bridgehead atoms. The molecule has 0 amide bonds.